The van der Waals surface area contributed by atoms with Gasteiger partial charge in [-0.2, -0.15) is 0 Å². The number of benzene rings is 1. The summed E-state index contributed by atoms with van der Waals surface area (Å²) >= 11 is 1.21. The van der Waals surface area contributed by atoms with Crippen molar-refractivity contribution in [3.63, 3.8) is 0 Å². The van der Waals surface area contributed by atoms with Gasteiger partial charge in [-0.3, -0.25) is 9.59 Å². The highest BCUT2D eigenvalue weighted by molar-refractivity contribution is 8.01. The van der Waals surface area contributed by atoms with Crippen molar-refractivity contribution in [3.05, 3.63) is 41.4 Å². The van der Waals surface area contributed by atoms with E-state index in [4.69, 9.17) is 4.52 Å². The Labute approximate surface area is 155 Å². The van der Waals surface area contributed by atoms with Crippen molar-refractivity contribution in [1.82, 2.24) is 5.16 Å². The SMILES string of the molecule is Cc1cc(NC(=O)C(C)SCC(=O)N2CCCc3cccc(F)c32)no1. The number of rotatable bonds is 5. The van der Waals surface area contributed by atoms with Gasteiger partial charge in [0.15, 0.2) is 5.82 Å². The first kappa shape index (κ1) is 18.4. The Morgan fingerprint density at radius 3 is 3.00 bits per heavy atom. The number of amides is 2. The largest absolute Gasteiger partial charge is 0.360 e. The molecule has 1 aromatic carbocycles. The molecule has 0 bridgehead atoms. The summed E-state index contributed by atoms with van der Waals surface area (Å²) in [4.78, 5) is 26.2. The van der Waals surface area contributed by atoms with E-state index >= 15 is 0 Å². The highest BCUT2D eigenvalue weighted by Gasteiger charge is 2.26. The van der Waals surface area contributed by atoms with Gasteiger partial charge in [-0.15, -0.1) is 11.8 Å². The first-order valence-electron chi connectivity index (χ1n) is 8.39. The molecule has 138 valence electrons. The maximum absolute atomic E-state index is 14.2. The molecule has 0 fully saturated rings. The minimum Gasteiger partial charge on any atom is -0.360 e. The van der Waals surface area contributed by atoms with E-state index in [0.717, 1.165) is 18.4 Å². The zero-order valence-corrected chi connectivity index (χ0v) is 15.4. The number of anilines is 2. The molecule has 3 rings (SSSR count). The number of nitrogens with one attached hydrogen (secondary N) is 1. The van der Waals surface area contributed by atoms with Gasteiger partial charge in [0.2, 0.25) is 11.8 Å². The second-order valence-corrected chi connectivity index (χ2v) is 7.49. The van der Waals surface area contributed by atoms with E-state index in [0.29, 0.717) is 23.8 Å². The molecule has 0 saturated carbocycles. The van der Waals surface area contributed by atoms with Crippen LogP contribution in [0, 0.1) is 12.7 Å². The standard InChI is InChI=1S/C18H20FN3O3S/c1-11-9-15(21-25-11)20-18(24)12(2)26-10-16(23)22-8-4-6-13-5-3-7-14(19)17(13)22/h3,5,7,9,12H,4,6,8,10H2,1-2H3,(H,20,21,24). The molecule has 1 aromatic heterocycles. The van der Waals surface area contributed by atoms with E-state index < -0.39 is 5.25 Å². The second-order valence-electron chi connectivity index (χ2n) is 6.16. The highest BCUT2D eigenvalue weighted by Crippen LogP contribution is 2.30. The van der Waals surface area contributed by atoms with Crippen LogP contribution in [0.4, 0.5) is 15.9 Å². The Morgan fingerprint density at radius 2 is 2.27 bits per heavy atom. The number of thioether (sulfide) groups is 1. The summed E-state index contributed by atoms with van der Waals surface area (Å²) in [7, 11) is 0. The van der Waals surface area contributed by atoms with Gasteiger partial charge >= 0.3 is 0 Å². The van der Waals surface area contributed by atoms with Crippen LogP contribution >= 0.6 is 11.8 Å². The summed E-state index contributed by atoms with van der Waals surface area (Å²) in [5.74, 6) is 0.201. The number of carbonyl (C=O) groups is 2. The maximum atomic E-state index is 14.2. The average Bonchev–Trinajstić information content (AvgIpc) is 3.03. The third-order valence-corrected chi connectivity index (χ3v) is 5.30. The lowest BCUT2D eigenvalue weighted by molar-refractivity contribution is -0.116. The van der Waals surface area contributed by atoms with Gasteiger partial charge in [0.25, 0.3) is 0 Å². The van der Waals surface area contributed by atoms with Gasteiger partial charge in [-0.1, -0.05) is 17.3 Å². The normalized spacial score (nSPS) is 14.7. The van der Waals surface area contributed by atoms with Crippen LogP contribution in [0.3, 0.4) is 0 Å². The summed E-state index contributed by atoms with van der Waals surface area (Å²) in [5, 5.41) is 5.89. The zero-order valence-electron chi connectivity index (χ0n) is 14.6. The van der Waals surface area contributed by atoms with Crippen molar-refractivity contribution in [2.45, 2.75) is 31.9 Å². The van der Waals surface area contributed by atoms with Crippen LogP contribution in [0.25, 0.3) is 0 Å². The number of aromatic nitrogens is 1. The molecule has 6 nitrogen and oxygen atoms in total. The summed E-state index contributed by atoms with van der Waals surface area (Å²) in [6.45, 7) is 3.94. The topological polar surface area (TPSA) is 75.4 Å². The highest BCUT2D eigenvalue weighted by atomic mass is 32.2. The third kappa shape index (κ3) is 4.07. The Hall–Kier alpha value is -2.35. The van der Waals surface area contributed by atoms with Crippen LogP contribution in [0.15, 0.2) is 28.8 Å². The third-order valence-electron chi connectivity index (χ3n) is 4.17. The molecule has 26 heavy (non-hydrogen) atoms. The molecule has 1 unspecified atom stereocenters. The van der Waals surface area contributed by atoms with Crippen molar-refractivity contribution in [3.8, 4) is 0 Å². The Bertz CT molecular complexity index is 824. The molecule has 8 heteroatoms. The fraction of sp³-hybridized carbons (Fsp3) is 0.389. The summed E-state index contributed by atoms with van der Waals surface area (Å²) in [6.07, 6.45) is 1.56. The molecule has 2 aromatic rings. The number of nitrogens with zero attached hydrogens (tertiary/aromatic N) is 2. The minimum absolute atomic E-state index is 0.0974. The first-order valence-corrected chi connectivity index (χ1v) is 9.44. The van der Waals surface area contributed by atoms with Gasteiger partial charge in [0.05, 0.1) is 16.7 Å². The number of aryl methyl sites for hydroxylation is 2. The lowest BCUT2D eigenvalue weighted by Crippen LogP contribution is -2.38. The predicted molar refractivity (Wildman–Crippen MR) is 98.9 cm³/mol. The van der Waals surface area contributed by atoms with E-state index in [1.165, 1.54) is 22.7 Å². The smallest absolute Gasteiger partial charge is 0.238 e. The van der Waals surface area contributed by atoms with Gasteiger partial charge in [0, 0.05) is 12.6 Å². The summed E-state index contributed by atoms with van der Waals surface area (Å²) < 4.78 is 19.1. The second kappa shape index (κ2) is 7.90. The zero-order chi connectivity index (χ0) is 18.7. The maximum Gasteiger partial charge on any atom is 0.238 e. The van der Waals surface area contributed by atoms with Crippen LogP contribution in [0.1, 0.15) is 24.7 Å². The Kier molecular flexibility index (Phi) is 5.61. The lowest BCUT2D eigenvalue weighted by Gasteiger charge is -2.30. The van der Waals surface area contributed by atoms with Crippen LogP contribution in [-0.2, 0) is 16.0 Å². The van der Waals surface area contributed by atoms with Crippen LogP contribution in [0.2, 0.25) is 0 Å². The Morgan fingerprint density at radius 1 is 1.46 bits per heavy atom. The van der Waals surface area contributed by atoms with E-state index in [9.17, 15) is 14.0 Å². The van der Waals surface area contributed by atoms with E-state index in [-0.39, 0.29) is 23.4 Å². The van der Waals surface area contributed by atoms with Crippen molar-refractivity contribution in [2.75, 3.05) is 22.5 Å². The molecule has 1 N–H and O–H groups in total. The molecule has 1 atom stereocenters. The van der Waals surface area contributed by atoms with Crippen LogP contribution in [-0.4, -0.2) is 34.5 Å². The molecule has 0 saturated heterocycles. The Balaban J connectivity index is 1.58. The lowest BCUT2D eigenvalue weighted by atomic mass is 10.0. The van der Waals surface area contributed by atoms with E-state index in [2.05, 4.69) is 10.5 Å². The van der Waals surface area contributed by atoms with Gasteiger partial charge < -0.3 is 14.7 Å². The molecule has 1 aliphatic heterocycles. The molecular formula is C18H20FN3O3S. The number of para-hydroxylation sites is 1. The number of hydrogen-bond acceptors (Lipinski definition) is 5. The molecule has 0 aliphatic carbocycles. The van der Waals surface area contributed by atoms with Gasteiger partial charge in [0.1, 0.15) is 11.6 Å². The van der Waals surface area contributed by atoms with Crippen molar-refractivity contribution < 1.29 is 18.5 Å². The molecule has 0 spiro atoms. The quantitative estimate of drug-likeness (QED) is 0.866. The van der Waals surface area contributed by atoms with Crippen LogP contribution in [0.5, 0.6) is 0 Å². The van der Waals surface area contributed by atoms with Crippen LogP contribution < -0.4 is 10.2 Å². The first-order chi connectivity index (χ1) is 12.5. The minimum atomic E-state index is -0.458. The molecule has 2 heterocycles. The average molecular weight is 377 g/mol. The fourth-order valence-electron chi connectivity index (χ4n) is 2.86. The van der Waals surface area contributed by atoms with Gasteiger partial charge in [-0.25, -0.2) is 4.39 Å². The molecule has 0 radical (unpaired) electrons. The number of carbonyl (C=O) groups excluding carboxylic acids is 2. The molecule has 1 aliphatic rings. The fourth-order valence-corrected chi connectivity index (χ4v) is 3.61. The van der Waals surface area contributed by atoms with Crippen molar-refractivity contribution in [1.29, 1.82) is 0 Å². The number of hydrogen-bond donors (Lipinski definition) is 1. The summed E-state index contributed by atoms with van der Waals surface area (Å²) in [5.41, 5.74) is 1.22. The molecular weight excluding hydrogens is 357 g/mol. The van der Waals surface area contributed by atoms with Gasteiger partial charge in [-0.05, 0) is 38.3 Å². The van der Waals surface area contributed by atoms with E-state index in [1.54, 1.807) is 26.0 Å². The monoisotopic (exact) mass is 377 g/mol. The molecule has 2 amide bonds. The van der Waals surface area contributed by atoms with E-state index in [1.807, 2.05) is 6.07 Å². The number of fused-ring (bicyclic) bond motifs is 1. The van der Waals surface area contributed by atoms with Crippen molar-refractivity contribution >= 4 is 35.1 Å². The number of halogens is 1. The predicted octanol–water partition coefficient (Wildman–Crippen LogP) is 3.16. The van der Waals surface area contributed by atoms with Crippen molar-refractivity contribution in [2.24, 2.45) is 0 Å². The summed E-state index contributed by atoms with van der Waals surface area (Å²) in [6, 6.07) is 6.50.